The smallest absolute Gasteiger partial charge is 0.253 e. The lowest BCUT2D eigenvalue weighted by molar-refractivity contribution is 0.0950. The first-order valence-corrected chi connectivity index (χ1v) is 6.88. The van der Waals surface area contributed by atoms with Crippen molar-refractivity contribution in [2.75, 3.05) is 14.2 Å². The first-order valence-electron chi connectivity index (χ1n) is 6.88. The van der Waals surface area contributed by atoms with E-state index < -0.39 is 0 Å². The number of tetrazole rings is 1. The van der Waals surface area contributed by atoms with E-state index in [1.54, 1.807) is 38.6 Å². The fraction of sp³-hybridized carbons (Fsp3) is 0.200. The quantitative estimate of drug-likeness (QED) is 0.758. The predicted octanol–water partition coefficient (Wildman–Crippen LogP) is 1.07. The number of amides is 1. The van der Waals surface area contributed by atoms with Crippen molar-refractivity contribution in [2.24, 2.45) is 0 Å². The van der Waals surface area contributed by atoms with Gasteiger partial charge in [0.1, 0.15) is 11.5 Å². The summed E-state index contributed by atoms with van der Waals surface area (Å²) in [4.78, 5) is 12.2. The van der Waals surface area contributed by atoms with E-state index in [2.05, 4.69) is 20.8 Å². The number of carbonyl (C=O) groups excluding carboxylic acids is 1. The van der Waals surface area contributed by atoms with Gasteiger partial charge in [-0.3, -0.25) is 4.79 Å². The van der Waals surface area contributed by atoms with E-state index in [-0.39, 0.29) is 5.91 Å². The summed E-state index contributed by atoms with van der Waals surface area (Å²) in [7, 11) is 3.16. The van der Waals surface area contributed by atoms with E-state index in [0.717, 1.165) is 5.56 Å². The highest BCUT2D eigenvalue weighted by Crippen LogP contribution is 2.24. The molecule has 2 heterocycles. The van der Waals surface area contributed by atoms with Crippen LogP contribution >= 0.6 is 0 Å². The fourth-order valence-electron chi connectivity index (χ4n) is 2.15. The predicted molar refractivity (Wildman–Crippen MR) is 81.5 cm³/mol. The molecule has 3 aromatic rings. The minimum Gasteiger partial charge on any atom is -0.497 e. The van der Waals surface area contributed by atoms with E-state index in [9.17, 15) is 4.79 Å². The zero-order valence-electron chi connectivity index (χ0n) is 12.7. The van der Waals surface area contributed by atoms with Crippen LogP contribution in [0.2, 0.25) is 0 Å². The number of rotatable bonds is 5. The molecule has 0 saturated heterocycles. The summed E-state index contributed by atoms with van der Waals surface area (Å²) in [6, 6.07) is 8.80. The molecule has 0 saturated carbocycles. The first kappa shape index (κ1) is 14.8. The number of carbonyl (C=O) groups is 1. The number of fused-ring (bicyclic) bond motifs is 1. The molecule has 0 aliphatic rings. The van der Waals surface area contributed by atoms with E-state index in [0.29, 0.717) is 29.3 Å². The fourth-order valence-corrected chi connectivity index (χ4v) is 2.15. The monoisotopic (exact) mass is 313 g/mol. The van der Waals surface area contributed by atoms with Gasteiger partial charge in [-0.05, 0) is 34.7 Å². The van der Waals surface area contributed by atoms with Gasteiger partial charge in [-0.2, -0.15) is 4.52 Å². The van der Waals surface area contributed by atoms with Crippen LogP contribution in [0, 0.1) is 0 Å². The normalized spacial score (nSPS) is 10.5. The molecule has 118 valence electrons. The molecule has 1 aromatic carbocycles. The van der Waals surface area contributed by atoms with Crippen molar-refractivity contribution in [2.45, 2.75) is 6.54 Å². The molecule has 8 nitrogen and oxygen atoms in total. The Labute approximate surface area is 132 Å². The molecular formula is C15H15N5O3. The molecule has 3 rings (SSSR count). The molecule has 1 N–H and O–H groups in total. The van der Waals surface area contributed by atoms with Crippen molar-refractivity contribution in [3.8, 4) is 11.5 Å². The van der Waals surface area contributed by atoms with Crippen molar-refractivity contribution < 1.29 is 14.3 Å². The number of pyridine rings is 1. The SMILES string of the molecule is COc1ccc(CNC(=O)c2ccc3nnnn3c2)c(OC)c1. The Kier molecular flexibility index (Phi) is 4.05. The molecule has 0 fully saturated rings. The van der Waals surface area contributed by atoms with Gasteiger partial charge >= 0.3 is 0 Å². The molecule has 0 bridgehead atoms. The van der Waals surface area contributed by atoms with Gasteiger partial charge in [-0.25, -0.2) is 0 Å². The Morgan fingerprint density at radius 2 is 2.09 bits per heavy atom. The van der Waals surface area contributed by atoms with Crippen molar-refractivity contribution in [1.82, 2.24) is 25.4 Å². The van der Waals surface area contributed by atoms with Crippen LogP contribution in [0.15, 0.2) is 36.5 Å². The first-order chi connectivity index (χ1) is 11.2. The second kappa shape index (κ2) is 6.30. The Balaban J connectivity index is 1.73. The number of benzene rings is 1. The lowest BCUT2D eigenvalue weighted by atomic mass is 10.2. The molecule has 8 heteroatoms. The summed E-state index contributed by atoms with van der Waals surface area (Å²) in [6.07, 6.45) is 1.58. The van der Waals surface area contributed by atoms with E-state index >= 15 is 0 Å². The maximum atomic E-state index is 12.2. The molecule has 23 heavy (non-hydrogen) atoms. The molecule has 0 spiro atoms. The highest BCUT2D eigenvalue weighted by atomic mass is 16.5. The molecule has 0 aliphatic heterocycles. The largest absolute Gasteiger partial charge is 0.497 e. The molecule has 0 atom stereocenters. The number of ether oxygens (including phenoxy) is 2. The van der Waals surface area contributed by atoms with Crippen LogP contribution in [0.3, 0.4) is 0 Å². The number of nitrogens with one attached hydrogen (secondary N) is 1. The summed E-state index contributed by atoms with van der Waals surface area (Å²) < 4.78 is 11.9. The highest BCUT2D eigenvalue weighted by molar-refractivity contribution is 5.94. The van der Waals surface area contributed by atoms with Crippen LogP contribution in [0.4, 0.5) is 0 Å². The summed E-state index contributed by atoms with van der Waals surface area (Å²) >= 11 is 0. The molecule has 0 radical (unpaired) electrons. The van der Waals surface area contributed by atoms with Gasteiger partial charge in [0.05, 0.1) is 19.8 Å². The van der Waals surface area contributed by atoms with E-state index in [1.807, 2.05) is 12.1 Å². The Morgan fingerprint density at radius 3 is 2.87 bits per heavy atom. The third kappa shape index (κ3) is 3.05. The van der Waals surface area contributed by atoms with Crippen LogP contribution in [-0.2, 0) is 6.54 Å². The Bertz CT molecular complexity index is 846. The zero-order chi connectivity index (χ0) is 16.2. The van der Waals surface area contributed by atoms with Gasteiger partial charge in [-0.15, -0.1) is 5.10 Å². The maximum absolute atomic E-state index is 12.2. The minimum absolute atomic E-state index is 0.222. The molecule has 0 aliphatic carbocycles. The summed E-state index contributed by atoms with van der Waals surface area (Å²) in [5.41, 5.74) is 1.90. The van der Waals surface area contributed by atoms with Gasteiger partial charge in [-0.1, -0.05) is 0 Å². The average molecular weight is 313 g/mol. The van der Waals surface area contributed by atoms with Crippen molar-refractivity contribution in [3.63, 3.8) is 0 Å². The zero-order valence-corrected chi connectivity index (χ0v) is 12.7. The number of nitrogens with zero attached hydrogens (tertiary/aromatic N) is 4. The summed E-state index contributed by atoms with van der Waals surface area (Å²) in [5.74, 6) is 1.13. The van der Waals surface area contributed by atoms with Gasteiger partial charge in [0.25, 0.3) is 5.91 Å². The summed E-state index contributed by atoms with van der Waals surface area (Å²) in [6.45, 7) is 0.333. The van der Waals surface area contributed by atoms with Gasteiger partial charge < -0.3 is 14.8 Å². The van der Waals surface area contributed by atoms with E-state index in [4.69, 9.17) is 9.47 Å². The van der Waals surface area contributed by atoms with Gasteiger partial charge in [0, 0.05) is 24.4 Å². The number of hydrogen-bond donors (Lipinski definition) is 1. The summed E-state index contributed by atoms with van der Waals surface area (Å²) in [5, 5.41) is 13.9. The van der Waals surface area contributed by atoms with Gasteiger partial charge in [0.2, 0.25) is 0 Å². The molecule has 0 unspecified atom stereocenters. The van der Waals surface area contributed by atoms with Crippen molar-refractivity contribution in [1.29, 1.82) is 0 Å². The van der Waals surface area contributed by atoms with Crippen LogP contribution in [-0.4, -0.2) is 40.2 Å². The second-order valence-corrected chi connectivity index (χ2v) is 4.76. The average Bonchev–Trinajstić information content (AvgIpc) is 3.07. The van der Waals surface area contributed by atoms with Crippen molar-refractivity contribution >= 4 is 11.6 Å². The molecular weight excluding hydrogens is 298 g/mol. The number of methoxy groups -OCH3 is 2. The Morgan fingerprint density at radius 1 is 1.22 bits per heavy atom. The topological polar surface area (TPSA) is 90.6 Å². The van der Waals surface area contributed by atoms with Crippen molar-refractivity contribution in [3.05, 3.63) is 47.7 Å². The lowest BCUT2D eigenvalue weighted by Gasteiger charge is -2.11. The maximum Gasteiger partial charge on any atom is 0.253 e. The number of aromatic nitrogens is 4. The van der Waals surface area contributed by atoms with Crippen LogP contribution < -0.4 is 14.8 Å². The van der Waals surface area contributed by atoms with Crippen LogP contribution in [0.5, 0.6) is 11.5 Å². The number of hydrogen-bond acceptors (Lipinski definition) is 6. The molecule has 2 aromatic heterocycles. The van der Waals surface area contributed by atoms with E-state index in [1.165, 1.54) is 4.52 Å². The molecule has 1 amide bonds. The third-order valence-corrected chi connectivity index (χ3v) is 3.39. The standard InChI is InChI=1S/C15H15N5O3/c1-22-12-5-3-10(13(7-12)23-2)8-16-15(21)11-4-6-14-17-18-19-20(14)9-11/h3-7,9H,8H2,1-2H3,(H,16,21). The van der Waals surface area contributed by atoms with Crippen LogP contribution in [0.25, 0.3) is 5.65 Å². The lowest BCUT2D eigenvalue weighted by Crippen LogP contribution is -2.23. The minimum atomic E-state index is -0.222. The highest BCUT2D eigenvalue weighted by Gasteiger charge is 2.10. The third-order valence-electron chi connectivity index (χ3n) is 3.39. The second-order valence-electron chi connectivity index (χ2n) is 4.76. The Hall–Kier alpha value is -3.16. The van der Waals surface area contributed by atoms with Crippen LogP contribution in [0.1, 0.15) is 15.9 Å². The van der Waals surface area contributed by atoms with Gasteiger partial charge in [0.15, 0.2) is 5.65 Å².